The Morgan fingerprint density at radius 3 is 2.05 bits per heavy atom. The summed E-state index contributed by atoms with van der Waals surface area (Å²) >= 11 is 6.19. The molecule has 0 fully saturated rings. The Labute approximate surface area is 220 Å². The van der Waals surface area contributed by atoms with Gasteiger partial charge in [0.1, 0.15) is 23.8 Å². The molecule has 10 nitrogen and oxygen atoms in total. The number of rotatable bonds is 11. The maximum Gasteiger partial charge on any atom is 0.265 e. The van der Waals surface area contributed by atoms with Gasteiger partial charge in [-0.3, -0.25) is 9.10 Å². The summed E-state index contributed by atoms with van der Waals surface area (Å²) in [6.45, 7) is -0.609. The lowest BCUT2D eigenvalue weighted by atomic mass is 10.2. The first-order valence-electron chi connectivity index (χ1n) is 10.8. The molecule has 37 heavy (non-hydrogen) atoms. The zero-order valence-corrected chi connectivity index (χ0v) is 22.5. The van der Waals surface area contributed by atoms with Gasteiger partial charge in [0, 0.05) is 17.2 Å². The van der Waals surface area contributed by atoms with Crippen molar-refractivity contribution in [1.82, 2.24) is 0 Å². The molecule has 0 atom stereocenters. The predicted octanol–water partition coefficient (Wildman–Crippen LogP) is 4.22. The van der Waals surface area contributed by atoms with Crippen LogP contribution in [0.4, 0.5) is 11.4 Å². The molecule has 12 heteroatoms. The van der Waals surface area contributed by atoms with Crippen LogP contribution in [-0.4, -0.2) is 56.4 Å². The molecule has 1 amide bonds. The molecule has 0 aliphatic rings. The van der Waals surface area contributed by atoms with E-state index in [1.54, 1.807) is 24.3 Å². The molecule has 0 aliphatic carbocycles. The molecule has 3 aromatic rings. The topological polar surface area (TPSA) is 113 Å². The number of benzene rings is 3. The summed E-state index contributed by atoms with van der Waals surface area (Å²) in [5.74, 6) is 0.961. The average molecular weight is 551 g/mol. The maximum absolute atomic E-state index is 13.9. The van der Waals surface area contributed by atoms with Crippen molar-refractivity contribution >= 4 is 38.9 Å². The number of sulfonamides is 1. The van der Waals surface area contributed by atoms with Gasteiger partial charge in [-0.25, -0.2) is 8.42 Å². The molecule has 1 N–H and O–H groups in total. The summed E-state index contributed by atoms with van der Waals surface area (Å²) < 4.78 is 55.0. The van der Waals surface area contributed by atoms with Crippen LogP contribution in [0.5, 0.6) is 28.7 Å². The van der Waals surface area contributed by atoms with Crippen molar-refractivity contribution in [1.29, 1.82) is 0 Å². The summed E-state index contributed by atoms with van der Waals surface area (Å²) in [4.78, 5) is 13.0. The Morgan fingerprint density at radius 2 is 1.43 bits per heavy atom. The van der Waals surface area contributed by atoms with E-state index < -0.39 is 22.5 Å². The van der Waals surface area contributed by atoms with Gasteiger partial charge in [0.05, 0.1) is 51.8 Å². The third-order valence-corrected chi connectivity index (χ3v) is 7.31. The first-order valence-corrected chi connectivity index (χ1v) is 12.6. The number of amides is 1. The van der Waals surface area contributed by atoms with E-state index in [0.29, 0.717) is 22.9 Å². The van der Waals surface area contributed by atoms with E-state index in [2.05, 4.69) is 5.32 Å². The highest BCUT2D eigenvalue weighted by molar-refractivity contribution is 7.92. The smallest absolute Gasteiger partial charge is 0.265 e. The number of nitrogens with zero attached hydrogens (tertiary/aromatic N) is 1. The van der Waals surface area contributed by atoms with E-state index in [4.69, 9.17) is 35.3 Å². The number of hydrogen-bond donors (Lipinski definition) is 1. The molecule has 0 unspecified atom stereocenters. The van der Waals surface area contributed by atoms with Crippen LogP contribution in [0.1, 0.15) is 0 Å². The van der Waals surface area contributed by atoms with Crippen molar-refractivity contribution in [2.75, 3.05) is 51.7 Å². The van der Waals surface area contributed by atoms with Gasteiger partial charge >= 0.3 is 0 Å². The van der Waals surface area contributed by atoms with Crippen molar-refractivity contribution in [3.63, 3.8) is 0 Å². The summed E-state index contributed by atoms with van der Waals surface area (Å²) in [6.07, 6.45) is 0. The SMILES string of the molecule is COc1ccc(NC(=O)CN(c2cc(Cl)ccc2OC)S(=O)(=O)c2ccc(OC)c(OC)c2)c(OC)c1. The second-order valence-corrected chi connectivity index (χ2v) is 9.76. The van der Waals surface area contributed by atoms with E-state index in [-0.39, 0.29) is 27.1 Å². The van der Waals surface area contributed by atoms with Gasteiger partial charge in [-0.1, -0.05) is 11.6 Å². The zero-order valence-electron chi connectivity index (χ0n) is 20.9. The molecule has 0 aromatic heterocycles. The largest absolute Gasteiger partial charge is 0.497 e. The van der Waals surface area contributed by atoms with Crippen molar-refractivity contribution in [3.05, 3.63) is 59.6 Å². The fraction of sp³-hybridized carbons (Fsp3) is 0.240. The third-order valence-electron chi connectivity index (χ3n) is 5.32. The molecule has 0 spiro atoms. The fourth-order valence-electron chi connectivity index (χ4n) is 3.48. The Bertz CT molecular complexity index is 1380. The first-order chi connectivity index (χ1) is 17.7. The summed E-state index contributed by atoms with van der Waals surface area (Å²) in [5.41, 5.74) is 0.399. The van der Waals surface area contributed by atoms with Crippen LogP contribution in [0, 0.1) is 0 Å². The maximum atomic E-state index is 13.9. The molecular formula is C25H27ClN2O8S. The minimum Gasteiger partial charge on any atom is -0.497 e. The second-order valence-electron chi connectivity index (χ2n) is 7.46. The lowest BCUT2D eigenvalue weighted by molar-refractivity contribution is -0.114. The van der Waals surface area contributed by atoms with Crippen molar-refractivity contribution in [2.45, 2.75) is 4.90 Å². The Balaban J connectivity index is 2.07. The van der Waals surface area contributed by atoms with Crippen LogP contribution in [0.3, 0.4) is 0 Å². The van der Waals surface area contributed by atoms with E-state index in [0.717, 1.165) is 4.31 Å². The van der Waals surface area contributed by atoms with Crippen molar-refractivity contribution in [2.24, 2.45) is 0 Å². The molecule has 3 aromatic carbocycles. The monoisotopic (exact) mass is 550 g/mol. The van der Waals surface area contributed by atoms with E-state index in [1.165, 1.54) is 65.9 Å². The molecular weight excluding hydrogens is 524 g/mol. The van der Waals surface area contributed by atoms with Gasteiger partial charge < -0.3 is 29.0 Å². The summed E-state index contributed by atoms with van der Waals surface area (Å²) in [7, 11) is 2.83. The molecule has 0 bridgehead atoms. The number of nitrogens with one attached hydrogen (secondary N) is 1. The van der Waals surface area contributed by atoms with Gasteiger partial charge in [-0.05, 0) is 42.5 Å². The van der Waals surface area contributed by atoms with Gasteiger partial charge in [0.25, 0.3) is 10.0 Å². The van der Waals surface area contributed by atoms with Crippen molar-refractivity contribution < 1.29 is 36.9 Å². The summed E-state index contributed by atoms with van der Waals surface area (Å²) in [6, 6.07) is 13.4. The van der Waals surface area contributed by atoms with Gasteiger partial charge in [0.15, 0.2) is 11.5 Å². The Morgan fingerprint density at radius 1 is 0.784 bits per heavy atom. The van der Waals surface area contributed by atoms with Crippen molar-refractivity contribution in [3.8, 4) is 28.7 Å². The number of anilines is 2. The fourth-order valence-corrected chi connectivity index (χ4v) is 5.09. The Kier molecular flexibility index (Phi) is 8.95. The number of ether oxygens (including phenoxy) is 5. The van der Waals surface area contributed by atoms with E-state index in [1.807, 2.05) is 0 Å². The van der Waals surface area contributed by atoms with E-state index in [9.17, 15) is 13.2 Å². The molecule has 0 aliphatic heterocycles. The predicted molar refractivity (Wildman–Crippen MR) is 140 cm³/mol. The van der Waals surface area contributed by atoms with Crippen LogP contribution in [0.15, 0.2) is 59.5 Å². The van der Waals surface area contributed by atoms with E-state index >= 15 is 0 Å². The highest BCUT2D eigenvalue weighted by Crippen LogP contribution is 2.37. The lowest BCUT2D eigenvalue weighted by Crippen LogP contribution is -2.38. The third kappa shape index (κ3) is 6.12. The second kappa shape index (κ2) is 11.9. The zero-order chi connectivity index (χ0) is 27.2. The number of halogens is 1. The molecule has 3 rings (SSSR count). The highest BCUT2D eigenvalue weighted by atomic mass is 35.5. The van der Waals surface area contributed by atoms with Crippen LogP contribution in [0.25, 0.3) is 0 Å². The van der Waals surface area contributed by atoms with Crippen LogP contribution in [-0.2, 0) is 14.8 Å². The molecule has 0 heterocycles. The van der Waals surface area contributed by atoms with Gasteiger partial charge in [0.2, 0.25) is 5.91 Å². The summed E-state index contributed by atoms with van der Waals surface area (Å²) in [5, 5.41) is 2.94. The Hall–Kier alpha value is -3.83. The normalized spacial score (nSPS) is 10.9. The number of carbonyl (C=O) groups excluding carboxylic acids is 1. The van der Waals surface area contributed by atoms with Crippen LogP contribution in [0.2, 0.25) is 5.02 Å². The van der Waals surface area contributed by atoms with Gasteiger partial charge in [-0.15, -0.1) is 0 Å². The number of hydrogen-bond acceptors (Lipinski definition) is 8. The van der Waals surface area contributed by atoms with Crippen LogP contribution >= 0.6 is 11.6 Å². The molecule has 0 saturated heterocycles. The molecule has 0 radical (unpaired) electrons. The minimum absolute atomic E-state index is 0.0710. The lowest BCUT2D eigenvalue weighted by Gasteiger charge is -2.26. The highest BCUT2D eigenvalue weighted by Gasteiger charge is 2.31. The number of carbonyl (C=O) groups is 1. The average Bonchev–Trinajstić information content (AvgIpc) is 2.91. The van der Waals surface area contributed by atoms with Gasteiger partial charge in [-0.2, -0.15) is 0 Å². The first kappa shape index (κ1) is 27.8. The van der Waals surface area contributed by atoms with Crippen LogP contribution < -0.4 is 33.3 Å². The number of methoxy groups -OCH3 is 5. The minimum atomic E-state index is -4.33. The molecule has 0 saturated carbocycles. The molecule has 198 valence electrons. The quantitative estimate of drug-likeness (QED) is 0.378. The standard InChI is InChI=1S/C25H27ClN2O8S/c1-32-17-7-9-19(23(13-17)35-4)27-25(29)15-28(20-12-16(26)6-10-21(20)33-2)37(30,31)18-8-11-22(34-3)24(14-18)36-5/h6-14H,15H2,1-5H3,(H,27,29).